The van der Waals surface area contributed by atoms with Crippen LogP contribution < -0.4 is 5.73 Å². The lowest BCUT2D eigenvalue weighted by molar-refractivity contribution is -0.138. The van der Waals surface area contributed by atoms with E-state index in [1.165, 1.54) is 6.07 Å². The van der Waals surface area contributed by atoms with Crippen LogP contribution in [-0.2, 0) is 6.18 Å². The van der Waals surface area contributed by atoms with E-state index in [0.717, 1.165) is 12.5 Å². The Labute approximate surface area is 86.1 Å². The molecule has 0 heterocycles. The highest BCUT2D eigenvalue weighted by atomic mass is 19.4. The molecule has 1 aromatic rings. The number of hydrogen-bond donors (Lipinski definition) is 1. The summed E-state index contributed by atoms with van der Waals surface area (Å²) in [6, 6.07) is 5.77. The van der Waals surface area contributed by atoms with Gasteiger partial charge >= 0.3 is 6.18 Å². The Morgan fingerprint density at radius 1 is 1.27 bits per heavy atom. The minimum atomic E-state index is -4.25. The zero-order valence-electron chi connectivity index (χ0n) is 8.09. The molecule has 2 N–H and O–H groups in total. The van der Waals surface area contributed by atoms with Crippen molar-refractivity contribution < 1.29 is 13.2 Å². The fourth-order valence-corrected chi connectivity index (χ4v) is 1.97. The van der Waals surface area contributed by atoms with Gasteiger partial charge in [0.1, 0.15) is 0 Å². The van der Waals surface area contributed by atoms with Crippen molar-refractivity contribution in [2.75, 3.05) is 6.54 Å². The van der Waals surface area contributed by atoms with E-state index < -0.39 is 11.7 Å². The summed E-state index contributed by atoms with van der Waals surface area (Å²) in [5.74, 6) is 0.237. The average molecular weight is 215 g/mol. The predicted molar refractivity (Wildman–Crippen MR) is 51.3 cm³/mol. The van der Waals surface area contributed by atoms with E-state index >= 15 is 0 Å². The van der Waals surface area contributed by atoms with Gasteiger partial charge in [-0.3, -0.25) is 0 Å². The number of rotatable bonds is 2. The van der Waals surface area contributed by atoms with Gasteiger partial charge in [-0.1, -0.05) is 18.2 Å². The topological polar surface area (TPSA) is 26.0 Å². The van der Waals surface area contributed by atoms with Crippen molar-refractivity contribution in [2.24, 2.45) is 11.7 Å². The molecule has 0 unspecified atom stereocenters. The molecule has 1 aliphatic rings. The van der Waals surface area contributed by atoms with Gasteiger partial charge in [0.15, 0.2) is 0 Å². The molecule has 4 heteroatoms. The van der Waals surface area contributed by atoms with Gasteiger partial charge in [-0.25, -0.2) is 0 Å². The minimum Gasteiger partial charge on any atom is -0.330 e. The van der Waals surface area contributed by atoms with E-state index in [0.29, 0.717) is 12.1 Å². The molecule has 0 spiro atoms. The first kappa shape index (κ1) is 10.5. The second-order valence-electron chi connectivity index (χ2n) is 3.92. The summed E-state index contributed by atoms with van der Waals surface area (Å²) in [6.07, 6.45) is -3.47. The molecule has 1 nitrogen and oxygen atoms in total. The summed E-state index contributed by atoms with van der Waals surface area (Å²) < 4.78 is 37.9. The molecule has 2 atom stereocenters. The van der Waals surface area contributed by atoms with Crippen LogP contribution in [0.15, 0.2) is 24.3 Å². The summed E-state index contributed by atoms with van der Waals surface area (Å²) in [4.78, 5) is 0. The number of alkyl halides is 3. The molecule has 82 valence electrons. The molecular weight excluding hydrogens is 203 g/mol. The molecule has 0 radical (unpaired) electrons. The van der Waals surface area contributed by atoms with Gasteiger partial charge in [0.2, 0.25) is 0 Å². The number of hydrogen-bond acceptors (Lipinski definition) is 1. The maximum Gasteiger partial charge on any atom is 0.416 e. The first-order valence-corrected chi connectivity index (χ1v) is 4.90. The van der Waals surface area contributed by atoms with E-state index in [9.17, 15) is 13.2 Å². The average Bonchev–Trinajstić information content (AvgIpc) is 2.95. The van der Waals surface area contributed by atoms with Gasteiger partial charge in [0.25, 0.3) is 0 Å². The molecule has 2 rings (SSSR count). The second kappa shape index (κ2) is 3.52. The van der Waals surface area contributed by atoms with E-state index in [-0.39, 0.29) is 11.8 Å². The van der Waals surface area contributed by atoms with Crippen molar-refractivity contribution in [3.8, 4) is 0 Å². The Kier molecular flexibility index (Phi) is 2.46. The Hall–Kier alpha value is -1.03. The van der Waals surface area contributed by atoms with Crippen LogP contribution in [0.5, 0.6) is 0 Å². The standard InChI is InChI=1S/C11H12F3N/c12-11(13,14)10-4-2-1-3-8(10)9-5-7(9)6-15/h1-4,7,9H,5-6,15H2/t7-,9-/m0/s1. The molecule has 0 saturated heterocycles. The molecule has 15 heavy (non-hydrogen) atoms. The SMILES string of the molecule is NC[C@@H]1C[C@@H]1c1ccccc1C(F)(F)F. The van der Waals surface area contributed by atoms with Crippen LogP contribution >= 0.6 is 0 Å². The van der Waals surface area contributed by atoms with Crippen molar-refractivity contribution in [3.05, 3.63) is 35.4 Å². The van der Waals surface area contributed by atoms with E-state index in [2.05, 4.69) is 0 Å². The summed E-state index contributed by atoms with van der Waals surface area (Å²) in [5.41, 5.74) is 5.33. The molecule has 0 amide bonds. The summed E-state index contributed by atoms with van der Waals surface area (Å²) in [6.45, 7) is 0.469. The summed E-state index contributed by atoms with van der Waals surface area (Å²) in [5, 5.41) is 0. The Bertz CT molecular complexity index is 359. The first-order chi connectivity index (χ1) is 7.04. The van der Waals surface area contributed by atoms with Crippen LogP contribution in [0, 0.1) is 5.92 Å². The smallest absolute Gasteiger partial charge is 0.330 e. The fraction of sp³-hybridized carbons (Fsp3) is 0.455. The fourth-order valence-electron chi connectivity index (χ4n) is 1.97. The van der Waals surface area contributed by atoms with Crippen LogP contribution in [0.25, 0.3) is 0 Å². The second-order valence-corrected chi connectivity index (χ2v) is 3.92. The summed E-state index contributed by atoms with van der Waals surface area (Å²) >= 11 is 0. The van der Waals surface area contributed by atoms with Crippen molar-refractivity contribution in [2.45, 2.75) is 18.5 Å². The molecule has 1 fully saturated rings. The number of halogens is 3. The van der Waals surface area contributed by atoms with Crippen LogP contribution in [0.1, 0.15) is 23.5 Å². The van der Waals surface area contributed by atoms with Crippen LogP contribution in [0.4, 0.5) is 13.2 Å². The summed E-state index contributed by atoms with van der Waals surface area (Å²) in [7, 11) is 0. The van der Waals surface area contributed by atoms with Crippen molar-refractivity contribution in [1.29, 1.82) is 0 Å². The largest absolute Gasteiger partial charge is 0.416 e. The van der Waals surface area contributed by atoms with E-state index in [4.69, 9.17) is 5.73 Å². The highest BCUT2D eigenvalue weighted by Gasteiger charge is 2.43. The van der Waals surface area contributed by atoms with E-state index in [1.807, 2.05) is 0 Å². The highest BCUT2D eigenvalue weighted by molar-refractivity contribution is 5.36. The van der Waals surface area contributed by atoms with Gasteiger partial charge < -0.3 is 5.73 Å². The van der Waals surface area contributed by atoms with Gasteiger partial charge in [0.05, 0.1) is 5.56 Å². The number of benzene rings is 1. The predicted octanol–water partition coefficient (Wildman–Crippen LogP) is 2.77. The van der Waals surface area contributed by atoms with Crippen LogP contribution in [-0.4, -0.2) is 6.54 Å². The third-order valence-corrected chi connectivity index (χ3v) is 2.89. The van der Waals surface area contributed by atoms with Crippen LogP contribution in [0.2, 0.25) is 0 Å². The molecule has 1 saturated carbocycles. The zero-order valence-corrected chi connectivity index (χ0v) is 8.09. The molecule has 0 aromatic heterocycles. The lowest BCUT2D eigenvalue weighted by atomic mass is 10.0. The highest BCUT2D eigenvalue weighted by Crippen LogP contribution is 2.50. The third-order valence-electron chi connectivity index (χ3n) is 2.89. The normalized spacial score (nSPS) is 25.3. The van der Waals surface area contributed by atoms with Crippen molar-refractivity contribution in [3.63, 3.8) is 0 Å². The van der Waals surface area contributed by atoms with Gasteiger partial charge in [-0.2, -0.15) is 13.2 Å². The lowest BCUT2D eigenvalue weighted by Gasteiger charge is -2.12. The van der Waals surface area contributed by atoms with Gasteiger partial charge in [-0.15, -0.1) is 0 Å². The monoisotopic (exact) mass is 215 g/mol. The van der Waals surface area contributed by atoms with Crippen LogP contribution in [0.3, 0.4) is 0 Å². The lowest BCUT2D eigenvalue weighted by Crippen LogP contribution is -2.09. The maximum atomic E-state index is 12.6. The molecular formula is C11H12F3N. The minimum absolute atomic E-state index is 0.00725. The quantitative estimate of drug-likeness (QED) is 0.806. The van der Waals surface area contributed by atoms with Gasteiger partial charge in [0, 0.05) is 0 Å². The first-order valence-electron chi connectivity index (χ1n) is 4.90. The Morgan fingerprint density at radius 3 is 2.47 bits per heavy atom. The van der Waals surface area contributed by atoms with E-state index in [1.54, 1.807) is 12.1 Å². The Morgan fingerprint density at radius 2 is 1.93 bits per heavy atom. The molecule has 0 bridgehead atoms. The van der Waals surface area contributed by atoms with Crippen molar-refractivity contribution >= 4 is 0 Å². The molecule has 0 aliphatic heterocycles. The van der Waals surface area contributed by atoms with Crippen molar-refractivity contribution in [1.82, 2.24) is 0 Å². The molecule has 1 aromatic carbocycles. The van der Waals surface area contributed by atoms with Gasteiger partial charge in [-0.05, 0) is 36.4 Å². The Balaban J connectivity index is 2.32. The number of nitrogens with two attached hydrogens (primary N) is 1. The third kappa shape index (κ3) is 2.00. The zero-order chi connectivity index (χ0) is 11.1. The molecule has 1 aliphatic carbocycles. The maximum absolute atomic E-state index is 12.6.